The van der Waals surface area contributed by atoms with E-state index in [1.54, 1.807) is 6.92 Å². The molecule has 0 saturated heterocycles. The van der Waals surface area contributed by atoms with Gasteiger partial charge in [0, 0.05) is 0 Å². The molecule has 0 saturated carbocycles. The third kappa shape index (κ3) is 0.924. The molecule has 1 rings (SSSR count). The molecular formula is C4H4N3. The number of hydrogen-bond acceptors (Lipinski definition) is 3. The van der Waals surface area contributed by atoms with Gasteiger partial charge in [-0.15, -0.1) is 10.2 Å². The van der Waals surface area contributed by atoms with Crippen molar-refractivity contribution in [2.75, 3.05) is 0 Å². The normalized spacial score (nSPS) is 8.71. The minimum atomic E-state index is 0.679. The maximum Gasteiger partial charge on any atom is 0.147 e. The van der Waals surface area contributed by atoms with E-state index >= 15 is 0 Å². The highest BCUT2D eigenvalue weighted by atomic mass is 15.1. The minimum Gasteiger partial charge on any atom is -0.237 e. The quantitative estimate of drug-likeness (QED) is 0.453. The zero-order valence-electron chi connectivity index (χ0n) is 3.92. The molecule has 1 heterocycles. The lowest BCUT2D eigenvalue weighted by Gasteiger charge is -1.79. The predicted molar refractivity (Wildman–Crippen MR) is 23.4 cm³/mol. The third-order valence-corrected chi connectivity index (χ3v) is 0.562. The molecule has 0 atom stereocenters. The van der Waals surface area contributed by atoms with Crippen LogP contribution < -0.4 is 0 Å². The van der Waals surface area contributed by atoms with Crippen molar-refractivity contribution in [1.29, 1.82) is 0 Å². The molecule has 0 aliphatic heterocycles. The van der Waals surface area contributed by atoms with E-state index in [-0.39, 0.29) is 0 Å². The van der Waals surface area contributed by atoms with Crippen LogP contribution >= 0.6 is 0 Å². The van der Waals surface area contributed by atoms with Crippen molar-refractivity contribution in [3.05, 3.63) is 18.2 Å². The Hall–Kier alpha value is -0.990. The van der Waals surface area contributed by atoms with E-state index in [0.717, 1.165) is 0 Å². The van der Waals surface area contributed by atoms with Crippen LogP contribution in [0.25, 0.3) is 0 Å². The van der Waals surface area contributed by atoms with E-state index in [4.69, 9.17) is 0 Å². The van der Waals surface area contributed by atoms with Crippen molar-refractivity contribution in [2.45, 2.75) is 6.92 Å². The molecule has 0 fully saturated rings. The SMILES string of the molecule is Cc1nc[c]nn1. The molecule has 7 heavy (non-hydrogen) atoms. The van der Waals surface area contributed by atoms with E-state index in [9.17, 15) is 0 Å². The monoisotopic (exact) mass is 94.0 g/mol. The van der Waals surface area contributed by atoms with Crippen LogP contribution in [0.5, 0.6) is 0 Å². The lowest BCUT2D eigenvalue weighted by Crippen LogP contribution is -1.86. The Bertz CT molecular complexity index is 137. The molecule has 3 heteroatoms. The molecule has 0 amide bonds. The van der Waals surface area contributed by atoms with Gasteiger partial charge in [0.2, 0.25) is 0 Å². The number of aromatic nitrogens is 3. The first-order valence-corrected chi connectivity index (χ1v) is 1.92. The maximum absolute atomic E-state index is 3.75. The molecule has 35 valence electrons. The summed E-state index contributed by atoms with van der Waals surface area (Å²) < 4.78 is 0. The molecule has 0 aliphatic rings. The van der Waals surface area contributed by atoms with Gasteiger partial charge in [0.1, 0.15) is 12.0 Å². The fourth-order valence-corrected chi connectivity index (χ4v) is 0.275. The van der Waals surface area contributed by atoms with E-state index in [1.165, 1.54) is 6.20 Å². The van der Waals surface area contributed by atoms with Gasteiger partial charge in [0.15, 0.2) is 0 Å². The van der Waals surface area contributed by atoms with Crippen molar-refractivity contribution >= 4 is 0 Å². The van der Waals surface area contributed by atoms with Crippen molar-refractivity contribution in [3.63, 3.8) is 0 Å². The second-order valence-corrected chi connectivity index (χ2v) is 1.13. The van der Waals surface area contributed by atoms with Gasteiger partial charge in [-0.3, -0.25) is 0 Å². The van der Waals surface area contributed by atoms with E-state index in [2.05, 4.69) is 21.4 Å². The summed E-state index contributed by atoms with van der Waals surface area (Å²) in [7, 11) is 0. The highest BCUT2D eigenvalue weighted by Gasteiger charge is 1.77. The molecular weight excluding hydrogens is 90.1 g/mol. The summed E-state index contributed by atoms with van der Waals surface area (Å²) in [5, 5.41) is 7.01. The first-order valence-electron chi connectivity index (χ1n) is 1.92. The van der Waals surface area contributed by atoms with Crippen LogP contribution in [0.15, 0.2) is 6.20 Å². The average molecular weight is 94.1 g/mol. The van der Waals surface area contributed by atoms with Crippen LogP contribution in [0.3, 0.4) is 0 Å². The van der Waals surface area contributed by atoms with Gasteiger partial charge in [-0.25, -0.2) is 4.98 Å². The van der Waals surface area contributed by atoms with Crippen LogP contribution in [0.1, 0.15) is 5.82 Å². The van der Waals surface area contributed by atoms with Crippen LogP contribution in [0.4, 0.5) is 0 Å². The van der Waals surface area contributed by atoms with Gasteiger partial charge in [-0.05, 0) is 6.92 Å². The Morgan fingerprint density at radius 1 is 1.71 bits per heavy atom. The second-order valence-electron chi connectivity index (χ2n) is 1.13. The van der Waals surface area contributed by atoms with Crippen LogP contribution in [0, 0.1) is 13.1 Å². The highest BCUT2D eigenvalue weighted by Crippen LogP contribution is 1.73. The largest absolute Gasteiger partial charge is 0.237 e. The summed E-state index contributed by atoms with van der Waals surface area (Å²) >= 11 is 0. The van der Waals surface area contributed by atoms with Crippen molar-refractivity contribution in [1.82, 2.24) is 15.2 Å². The summed E-state index contributed by atoms with van der Waals surface area (Å²) in [5.41, 5.74) is 0. The highest BCUT2D eigenvalue weighted by molar-refractivity contribution is 4.72. The van der Waals surface area contributed by atoms with Gasteiger partial charge in [-0.1, -0.05) is 0 Å². The Kier molecular flexibility index (Phi) is 0.978. The van der Waals surface area contributed by atoms with Gasteiger partial charge >= 0.3 is 0 Å². The maximum atomic E-state index is 3.75. The molecule has 0 spiro atoms. The lowest BCUT2D eigenvalue weighted by molar-refractivity contribution is 0.901. The Morgan fingerprint density at radius 2 is 2.57 bits per heavy atom. The lowest BCUT2D eigenvalue weighted by atomic mass is 10.7. The molecule has 0 aromatic carbocycles. The fourth-order valence-electron chi connectivity index (χ4n) is 0.275. The summed E-state index contributed by atoms with van der Waals surface area (Å²) in [4.78, 5) is 3.75. The zero-order valence-corrected chi connectivity index (χ0v) is 3.92. The van der Waals surface area contributed by atoms with Crippen LogP contribution in [-0.2, 0) is 0 Å². The molecule has 1 radical (unpaired) electrons. The molecule has 0 unspecified atom stereocenters. The van der Waals surface area contributed by atoms with Crippen molar-refractivity contribution in [3.8, 4) is 0 Å². The molecule has 0 aliphatic carbocycles. The number of rotatable bonds is 0. The standard InChI is InChI=1S/C4H4N3/c1-4-5-2-3-6-7-4/h2H,1H3. The van der Waals surface area contributed by atoms with Gasteiger partial charge < -0.3 is 0 Å². The van der Waals surface area contributed by atoms with Crippen molar-refractivity contribution in [2.24, 2.45) is 0 Å². The Morgan fingerprint density at radius 3 is 2.86 bits per heavy atom. The van der Waals surface area contributed by atoms with Gasteiger partial charge in [0.25, 0.3) is 0 Å². The summed E-state index contributed by atoms with van der Waals surface area (Å²) in [5.74, 6) is 0.679. The number of hydrogen-bond donors (Lipinski definition) is 0. The minimum absolute atomic E-state index is 0.679. The van der Waals surface area contributed by atoms with E-state index in [0.29, 0.717) is 5.82 Å². The number of nitrogens with zero attached hydrogens (tertiary/aromatic N) is 3. The summed E-state index contributed by atoms with van der Waals surface area (Å²) in [6.45, 7) is 1.78. The summed E-state index contributed by atoms with van der Waals surface area (Å²) in [6, 6.07) is 0. The summed E-state index contributed by atoms with van der Waals surface area (Å²) in [6.07, 6.45) is 3.95. The van der Waals surface area contributed by atoms with Crippen LogP contribution in [0.2, 0.25) is 0 Å². The topological polar surface area (TPSA) is 38.7 Å². The molecule has 1 aromatic rings. The third-order valence-electron chi connectivity index (χ3n) is 0.562. The van der Waals surface area contributed by atoms with Crippen molar-refractivity contribution < 1.29 is 0 Å². The van der Waals surface area contributed by atoms with E-state index < -0.39 is 0 Å². The first-order chi connectivity index (χ1) is 3.39. The van der Waals surface area contributed by atoms with E-state index in [1.807, 2.05) is 0 Å². The second kappa shape index (κ2) is 1.64. The fraction of sp³-hybridized carbons (Fsp3) is 0.250. The first kappa shape index (κ1) is 4.18. The Balaban J connectivity index is 3.02. The molecule has 3 nitrogen and oxygen atoms in total. The molecule has 1 aromatic heterocycles. The Labute approximate surface area is 41.4 Å². The molecule has 0 N–H and O–H groups in total. The smallest absolute Gasteiger partial charge is 0.147 e. The van der Waals surface area contributed by atoms with Crippen LogP contribution in [-0.4, -0.2) is 15.2 Å². The zero-order chi connectivity index (χ0) is 5.11. The average Bonchev–Trinajstić information content (AvgIpc) is 1.69. The van der Waals surface area contributed by atoms with Gasteiger partial charge in [0.05, 0.1) is 6.20 Å². The number of aryl methyl sites for hydroxylation is 1. The predicted octanol–water partition coefficient (Wildman–Crippen LogP) is -0.0198. The van der Waals surface area contributed by atoms with Gasteiger partial charge in [-0.2, -0.15) is 0 Å². The molecule has 0 bridgehead atoms.